The number of fused-ring (bicyclic) bond motifs is 6. The average Bonchev–Trinajstić information content (AvgIpc) is 3.22. The van der Waals surface area contributed by atoms with Crippen LogP contribution in [0, 0.1) is 0 Å². The third-order valence-electron chi connectivity index (χ3n) is 7.01. The molecule has 1 nitrogen and oxygen atoms in total. The Morgan fingerprint density at radius 3 is 2.17 bits per heavy atom. The highest BCUT2D eigenvalue weighted by atomic mass is 15.0. The molecule has 0 unspecified atom stereocenters. The van der Waals surface area contributed by atoms with Crippen LogP contribution in [0.25, 0.3) is 44.1 Å². The summed E-state index contributed by atoms with van der Waals surface area (Å²) in [7, 11) is 0. The first-order valence-electron chi connectivity index (χ1n) is 10.9. The summed E-state index contributed by atoms with van der Waals surface area (Å²) in [5.74, 6) is 0. The molecule has 0 spiro atoms. The topological polar surface area (TPSA) is 4.93 Å². The number of para-hydroxylation sites is 1. The largest absolute Gasteiger partial charge is 0.341 e. The smallest absolute Gasteiger partial charge is 0.0491 e. The molecule has 0 bridgehead atoms. The van der Waals surface area contributed by atoms with E-state index in [1.54, 1.807) is 0 Å². The van der Waals surface area contributed by atoms with E-state index in [0.717, 1.165) is 6.54 Å². The summed E-state index contributed by atoms with van der Waals surface area (Å²) in [4.78, 5) is 0. The van der Waals surface area contributed by atoms with Gasteiger partial charge in [0.25, 0.3) is 0 Å². The lowest BCUT2D eigenvalue weighted by Gasteiger charge is -2.22. The van der Waals surface area contributed by atoms with Crippen LogP contribution in [0.2, 0.25) is 0 Å². The Morgan fingerprint density at radius 2 is 1.30 bits per heavy atom. The van der Waals surface area contributed by atoms with Crippen molar-refractivity contribution in [2.24, 2.45) is 0 Å². The summed E-state index contributed by atoms with van der Waals surface area (Å²) in [6, 6.07) is 31.6. The standard InChI is InChI=1S/C29H25N/c1-4-30-27-12-8-6-10-23(27)24-17-19(14-16-28(24)30)20-13-15-22-21-9-5-7-11-25(21)29(2,3)26(22)18-20/h5-18H,4H2,1-3H3. The first-order valence-corrected chi connectivity index (χ1v) is 10.9. The number of aryl methyl sites for hydroxylation is 1. The van der Waals surface area contributed by atoms with Crippen molar-refractivity contribution in [1.29, 1.82) is 0 Å². The maximum Gasteiger partial charge on any atom is 0.0491 e. The minimum absolute atomic E-state index is 0.0320. The number of rotatable bonds is 2. The van der Waals surface area contributed by atoms with Gasteiger partial charge in [-0.25, -0.2) is 0 Å². The minimum Gasteiger partial charge on any atom is -0.341 e. The first-order chi connectivity index (χ1) is 14.6. The van der Waals surface area contributed by atoms with Gasteiger partial charge >= 0.3 is 0 Å². The van der Waals surface area contributed by atoms with Gasteiger partial charge in [-0.1, -0.05) is 74.5 Å². The Morgan fingerprint density at radius 1 is 0.633 bits per heavy atom. The van der Waals surface area contributed by atoms with Crippen LogP contribution >= 0.6 is 0 Å². The van der Waals surface area contributed by atoms with Crippen molar-refractivity contribution in [3.63, 3.8) is 0 Å². The third kappa shape index (κ3) is 2.24. The summed E-state index contributed by atoms with van der Waals surface area (Å²) in [5, 5.41) is 2.68. The predicted molar refractivity (Wildman–Crippen MR) is 128 cm³/mol. The number of hydrogen-bond acceptors (Lipinski definition) is 0. The van der Waals surface area contributed by atoms with E-state index in [0.29, 0.717) is 0 Å². The molecular weight excluding hydrogens is 362 g/mol. The number of nitrogens with zero attached hydrogens (tertiary/aromatic N) is 1. The zero-order valence-electron chi connectivity index (χ0n) is 17.7. The van der Waals surface area contributed by atoms with Crippen molar-refractivity contribution in [3.8, 4) is 22.3 Å². The molecule has 0 atom stereocenters. The lowest BCUT2D eigenvalue weighted by Crippen LogP contribution is -2.14. The van der Waals surface area contributed by atoms with Crippen LogP contribution in [0.1, 0.15) is 31.9 Å². The summed E-state index contributed by atoms with van der Waals surface area (Å²) >= 11 is 0. The molecule has 1 aliphatic carbocycles. The highest BCUT2D eigenvalue weighted by Gasteiger charge is 2.35. The molecule has 5 aromatic rings. The van der Waals surface area contributed by atoms with Crippen molar-refractivity contribution in [3.05, 3.63) is 96.1 Å². The summed E-state index contributed by atoms with van der Waals surface area (Å²) in [6.07, 6.45) is 0. The SMILES string of the molecule is CCn1c2ccccc2c2cc(-c3ccc4c(c3)C(C)(C)c3ccccc3-4)ccc21. The van der Waals surface area contributed by atoms with Crippen LogP contribution in [0.3, 0.4) is 0 Å². The maximum atomic E-state index is 2.41. The molecule has 1 heteroatoms. The van der Waals surface area contributed by atoms with Crippen LogP contribution in [-0.2, 0) is 12.0 Å². The van der Waals surface area contributed by atoms with Crippen LogP contribution in [-0.4, -0.2) is 4.57 Å². The number of benzene rings is 4. The normalized spacial score (nSPS) is 14.2. The van der Waals surface area contributed by atoms with E-state index < -0.39 is 0 Å². The van der Waals surface area contributed by atoms with Gasteiger partial charge in [-0.15, -0.1) is 0 Å². The van der Waals surface area contributed by atoms with Crippen LogP contribution in [0.15, 0.2) is 84.9 Å². The molecule has 0 radical (unpaired) electrons. The van der Waals surface area contributed by atoms with Gasteiger partial charge in [0.05, 0.1) is 0 Å². The van der Waals surface area contributed by atoms with Crippen molar-refractivity contribution >= 4 is 21.8 Å². The van der Waals surface area contributed by atoms with Crippen molar-refractivity contribution in [2.75, 3.05) is 0 Å². The van der Waals surface area contributed by atoms with Crippen molar-refractivity contribution in [2.45, 2.75) is 32.7 Å². The zero-order chi connectivity index (χ0) is 20.5. The summed E-state index contributed by atoms with van der Waals surface area (Å²) < 4.78 is 2.41. The Balaban J connectivity index is 1.56. The molecule has 4 aromatic carbocycles. The van der Waals surface area contributed by atoms with Gasteiger partial charge in [0.15, 0.2) is 0 Å². The summed E-state index contributed by atoms with van der Waals surface area (Å²) in [5.41, 5.74) is 10.9. The number of aromatic nitrogens is 1. The first kappa shape index (κ1) is 17.5. The molecule has 6 rings (SSSR count). The molecule has 0 saturated carbocycles. The molecule has 0 amide bonds. The molecule has 1 heterocycles. The second-order valence-corrected chi connectivity index (χ2v) is 8.92. The number of hydrogen-bond donors (Lipinski definition) is 0. The zero-order valence-corrected chi connectivity index (χ0v) is 17.7. The van der Waals surface area contributed by atoms with Gasteiger partial charge in [-0.2, -0.15) is 0 Å². The Bertz CT molecular complexity index is 1450. The Labute approximate surface area is 177 Å². The van der Waals surface area contributed by atoms with E-state index in [-0.39, 0.29) is 5.41 Å². The fraction of sp³-hybridized carbons (Fsp3) is 0.172. The molecule has 0 saturated heterocycles. The Hall–Kier alpha value is -3.32. The fourth-order valence-electron chi connectivity index (χ4n) is 5.46. The van der Waals surface area contributed by atoms with E-state index in [1.165, 1.54) is 55.2 Å². The molecule has 146 valence electrons. The second kappa shape index (κ2) is 6.09. The van der Waals surface area contributed by atoms with Crippen molar-refractivity contribution < 1.29 is 0 Å². The minimum atomic E-state index is 0.0320. The molecule has 0 fully saturated rings. The molecule has 0 aliphatic heterocycles. The van der Waals surface area contributed by atoms with Crippen LogP contribution < -0.4 is 0 Å². The highest BCUT2D eigenvalue weighted by Crippen LogP contribution is 2.49. The second-order valence-electron chi connectivity index (χ2n) is 8.92. The maximum absolute atomic E-state index is 2.41. The van der Waals surface area contributed by atoms with Gasteiger partial charge in [0, 0.05) is 33.8 Å². The predicted octanol–water partition coefficient (Wildman–Crippen LogP) is 7.79. The fourth-order valence-corrected chi connectivity index (χ4v) is 5.46. The van der Waals surface area contributed by atoms with Gasteiger partial charge in [0.1, 0.15) is 0 Å². The lowest BCUT2D eigenvalue weighted by molar-refractivity contribution is 0.660. The van der Waals surface area contributed by atoms with E-state index in [9.17, 15) is 0 Å². The third-order valence-corrected chi connectivity index (χ3v) is 7.01. The van der Waals surface area contributed by atoms with Gasteiger partial charge in [0.2, 0.25) is 0 Å². The van der Waals surface area contributed by atoms with E-state index in [1.807, 2.05) is 0 Å². The molecule has 0 N–H and O–H groups in total. The molecule has 1 aromatic heterocycles. The average molecular weight is 388 g/mol. The van der Waals surface area contributed by atoms with Gasteiger partial charge in [-0.05, 0) is 64.6 Å². The molecule has 30 heavy (non-hydrogen) atoms. The van der Waals surface area contributed by atoms with E-state index in [2.05, 4.69) is 110 Å². The summed E-state index contributed by atoms with van der Waals surface area (Å²) in [6.45, 7) is 7.90. The monoisotopic (exact) mass is 387 g/mol. The van der Waals surface area contributed by atoms with E-state index in [4.69, 9.17) is 0 Å². The molecule has 1 aliphatic rings. The highest BCUT2D eigenvalue weighted by molar-refractivity contribution is 6.09. The quantitative estimate of drug-likeness (QED) is 0.291. The van der Waals surface area contributed by atoms with E-state index >= 15 is 0 Å². The van der Waals surface area contributed by atoms with Crippen LogP contribution in [0.5, 0.6) is 0 Å². The van der Waals surface area contributed by atoms with Crippen LogP contribution in [0.4, 0.5) is 0 Å². The molecular formula is C29H25N. The van der Waals surface area contributed by atoms with Crippen molar-refractivity contribution in [1.82, 2.24) is 4.57 Å². The van der Waals surface area contributed by atoms with Gasteiger partial charge < -0.3 is 4.57 Å². The van der Waals surface area contributed by atoms with Gasteiger partial charge in [-0.3, -0.25) is 0 Å². The Kier molecular flexibility index (Phi) is 3.56. The lowest BCUT2D eigenvalue weighted by atomic mass is 9.81.